The molecule has 1 aliphatic carbocycles. The molecule has 2 amide bonds. The Morgan fingerprint density at radius 1 is 1.09 bits per heavy atom. The van der Waals surface area contributed by atoms with Gasteiger partial charge < -0.3 is 15.0 Å². The Hall–Kier alpha value is -1.10. The maximum Gasteiger partial charge on any atom is 0.248 e. The van der Waals surface area contributed by atoms with E-state index < -0.39 is 5.54 Å². The Bertz CT molecular complexity index is 381. The van der Waals surface area contributed by atoms with Crippen molar-refractivity contribution in [3.8, 4) is 0 Å². The fourth-order valence-electron chi connectivity index (χ4n) is 3.66. The van der Waals surface area contributed by atoms with Gasteiger partial charge in [-0.3, -0.25) is 9.59 Å². The Balaban J connectivity index is 2.10. The van der Waals surface area contributed by atoms with E-state index in [9.17, 15) is 9.59 Å². The second-order valence-corrected chi connectivity index (χ2v) is 6.50. The molecule has 126 valence electrons. The fraction of sp³-hybridized carbons (Fsp3) is 0.882. The molecule has 1 saturated carbocycles. The normalized spacial score (nSPS) is 22.1. The Labute approximate surface area is 133 Å². The smallest absolute Gasteiger partial charge is 0.248 e. The van der Waals surface area contributed by atoms with Crippen molar-refractivity contribution >= 4 is 11.8 Å². The molecule has 1 N–H and O–H groups in total. The number of hydrogen-bond donors (Lipinski definition) is 1. The topological polar surface area (TPSA) is 58.6 Å². The van der Waals surface area contributed by atoms with Crippen molar-refractivity contribution < 1.29 is 14.3 Å². The highest BCUT2D eigenvalue weighted by Crippen LogP contribution is 2.31. The molecule has 0 aromatic rings. The summed E-state index contributed by atoms with van der Waals surface area (Å²) in [4.78, 5) is 27.5. The molecule has 2 fully saturated rings. The molecule has 0 spiro atoms. The minimum atomic E-state index is -0.667. The quantitative estimate of drug-likeness (QED) is 0.846. The van der Waals surface area contributed by atoms with Crippen LogP contribution >= 0.6 is 0 Å². The molecule has 1 heterocycles. The van der Waals surface area contributed by atoms with E-state index >= 15 is 0 Å². The van der Waals surface area contributed by atoms with Gasteiger partial charge in [0.25, 0.3) is 0 Å². The summed E-state index contributed by atoms with van der Waals surface area (Å²) in [7, 11) is 0. The number of ether oxygens (including phenoxy) is 1. The van der Waals surface area contributed by atoms with E-state index in [4.69, 9.17) is 4.74 Å². The molecule has 5 heteroatoms. The van der Waals surface area contributed by atoms with Gasteiger partial charge in [-0.2, -0.15) is 0 Å². The van der Waals surface area contributed by atoms with Crippen LogP contribution < -0.4 is 5.32 Å². The van der Waals surface area contributed by atoms with Gasteiger partial charge in [0.2, 0.25) is 11.8 Å². The van der Waals surface area contributed by atoms with Crippen LogP contribution in [0.5, 0.6) is 0 Å². The lowest BCUT2D eigenvalue weighted by atomic mass is 9.79. The summed E-state index contributed by atoms with van der Waals surface area (Å²) < 4.78 is 5.33. The highest BCUT2D eigenvalue weighted by atomic mass is 16.5. The minimum absolute atomic E-state index is 0.00273. The van der Waals surface area contributed by atoms with Gasteiger partial charge >= 0.3 is 0 Å². The van der Waals surface area contributed by atoms with Gasteiger partial charge in [-0.15, -0.1) is 0 Å². The summed E-state index contributed by atoms with van der Waals surface area (Å²) in [6, 6.07) is 0. The third-order valence-electron chi connectivity index (χ3n) is 5.12. The minimum Gasteiger partial charge on any atom is -0.381 e. The van der Waals surface area contributed by atoms with Crippen LogP contribution in [0.1, 0.15) is 58.8 Å². The highest BCUT2D eigenvalue weighted by Gasteiger charge is 2.43. The van der Waals surface area contributed by atoms with Gasteiger partial charge in [0.05, 0.1) is 0 Å². The maximum absolute atomic E-state index is 13.0. The van der Waals surface area contributed by atoms with Gasteiger partial charge in [-0.05, 0) is 39.5 Å². The van der Waals surface area contributed by atoms with Crippen LogP contribution in [0.2, 0.25) is 0 Å². The average molecular weight is 310 g/mol. The molecule has 1 aliphatic heterocycles. The van der Waals surface area contributed by atoms with E-state index in [1.54, 1.807) is 0 Å². The monoisotopic (exact) mass is 310 g/mol. The van der Waals surface area contributed by atoms with Crippen LogP contribution in [0.15, 0.2) is 0 Å². The van der Waals surface area contributed by atoms with Crippen LogP contribution in [-0.4, -0.2) is 48.6 Å². The van der Waals surface area contributed by atoms with E-state index in [1.165, 1.54) is 0 Å². The number of amides is 2. The molecule has 0 unspecified atom stereocenters. The fourth-order valence-corrected chi connectivity index (χ4v) is 3.66. The summed E-state index contributed by atoms with van der Waals surface area (Å²) in [6.07, 6.45) is 6.26. The lowest BCUT2D eigenvalue weighted by molar-refractivity contribution is -0.145. The van der Waals surface area contributed by atoms with E-state index in [0.29, 0.717) is 26.3 Å². The van der Waals surface area contributed by atoms with E-state index in [0.717, 1.165) is 44.9 Å². The van der Waals surface area contributed by atoms with Crippen molar-refractivity contribution in [3.05, 3.63) is 0 Å². The molecule has 0 atom stereocenters. The van der Waals surface area contributed by atoms with Gasteiger partial charge in [0.1, 0.15) is 5.54 Å². The highest BCUT2D eigenvalue weighted by molar-refractivity contribution is 5.92. The van der Waals surface area contributed by atoms with Crippen LogP contribution in [0.4, 0.5) is 0 Å². The lowest BCUT2D eigenvalue weighted by Crippen LogP contribution is -2.61. The van der Waals surface area contributed by atoms with Crippen LogP contribution in [0, 0.1) is 5.92 Å². The van der Waals surface area contributed by atoms with Crippen molar-refractivity contribution in [1.82, 2.24) is 10.2 Å². The lowest BCUT2D eigenvalue weighted by Gasteiger charge is -2.41. The van der Waals surface area contributed by atoms with Crippen molar-refractivity contribution in [2.24, 2.45) is 5.92 Å². The predicted octanol–water partition coefficient (Wildman–Crippen LogP) is 2.10. The molecule has 0 radical (unpaired) electrons. The first-order chi connectivity index (χ1) is 10.6. The molecule has 5 nitrogen and oxygen atoms in total. The first-order valence-corrected chi connectivity index (χ1v) is 8.82. The summed E-state index contributed by atoms with van der Waals surface area (Å²) in [5, 5.41) is 3.17. The predicted molar refractivity (Wildman–Crippen MR) is 85.4 cm³/mol. The SMILES string of the molecule is CCN(CC)C(=O)C1(NC(=O)C2CCOCC2)CCCCC1. The van der Waals surface area contributed by atoms with Crippen LogP contribution in [0.25, 0.3) is 0 Å². The molecule has 22 heavy (non-hydrogen) atoms. The molecule has 0 aromatic carbocycles. The number of nitrogens with zero attached hydrogens (tertiary/aromatic N) is 1. The second kappa shape index (κ2) is 7.95. The molecule has 1 saturated heterocycles. The van der Waals surface area contributed by atoms with Gasteiger partial charge in [0.15, 0.2) is 0 Å². The van der Waals surface area contributed by atoms with Crippen LogP contribution in [-0.2, 0) is 14.3 Å². The molecular weight excluding hydrogens is 280 g/mol. The molecule has 0 aromatic heterocycles. The maximum atomic E-state index is 13.0. The first kappa shape index (κ1) is 17.3. The summed E-state index contributed by atoms with van der Waals surface area (Å²) in [5.74, 6) is 0.153. The van der Waals surface area contributed by atoms with E-state index in [2.05, 4.69) is 5.32 Å². The summed E-state index contributed by atoms with van der Waals surface area (Å²) in [6.45, 7) is 6.69. The van der Waals surface area contributed by atoms with E-state index in [1.807, 2.05) is 18.7 Å². The molecular formula is C17H30N2O3. The summed E-state index contributed by atoms with van der Waals surface area (Å²) in [5.41, 5.74) is -0.667. The van der Waals surface area contributed by atoms with Gasteiger partial charge in [-0.1, -0.05) is 19.3 Å². The third kappa shape index (κ3) is 3.80. The zero-order valence-corrected chi connectivity index (χ0v) is 14.0. The summed E-state index contributed by atoms with van der Waals surface area (Å²) >= 11 is 0. The van der Waals surface area contributed by atoms with Crippen molar-refractivity contribution in [1.29, 1.82) is 0 Å². The Morgan fingerprint density at radius 3 is 2.23 bits per heavy atom. The van der Waals surface area contributed by atoms with Crippen LogP contribution in [0.3, 0.4) is 0 Å². The number of carbonyl (C=O) groups excluding carboxylic acids is 2. The molecule has 2 rings (SSSR count). The van der Waals surface area contributed by atoms with Gasteiger partial charge in [-0.25, -0.2) is 0 Å². The largest absolute Gasteiger partial charge is 0.381 e. The van der Waals surface area contributed by atoms with Gasteiger partial charge in [0, 0.05) is 32.2 Å². The Morgan fingerprint density at radius 2 is 1.68 bits per heavy atom. The molecule has 0 bridgehead atoms. The zero-order valence-electron chi connectivity index (χ0n) is 14.0. The number of nitrogens with one attached hydrogen (secondary N) is 1. The third-order valence-corrected chi connectivity index (χ3v) is 5.12. The number of rotatable bonds is 5. The standard InChI is InChI=1S/C17H30N2O3/c1-3-19(4-2)16(21)17(10-6-5-7-11-17)18-15(20)14-8-12-22-13-9-14/h14H,3-13H2,1-2H3,(H,18,20). The number of carbonyl (C=O) groups is 2. The number of hydrogen-bond acceptors (Lipinski definition) is 3. The first-order valence-electron chi connectivity index (χ1n) is 8.82. The Kier molecular flexibility index (Phi) is 6.24. The van der Waals surface area contributed by atoms with Crippen molar-refractivity contribution in [2.45, 2.75) is 64.3 Å². The molecule has 2 aliphatic rings. The number of likely N-dealkylation sites (N-methyl/N-ethyl adjacent to an activating group) is 1. The zero-order chi connectivity index (χ0) is 16.0. The second-order valence-electron chi connectivity index (χ2n) is 6.50. The van der Waals surface area contributed by atoms with Crippen molar-refractivity contribution in [3.63, 3.8) is 0 Å². The van der Waals surface area contributed by atoms with E-state index in [-0.39, 0.29) is 17.7 Å². The van der Waals surface area contributed by atoms with Crippen molar-refractivity contribution in [2.75, 3.05) is 26.3 Å². The average Bonchev–Trinajstić information content (AvgIpc) is 2.57.